The van der Waals surface area contributed by atoms with Crippen LogP contribution in [0.2, 0.25) is 0 Å². The van der Waals surface area contributed by atoms with Crippen molar-refractivity contribution in [2.75, 3.05) is 6.61 Å². The van der Waals surface area contributed by atoms with Crippen molar-refractivity contribution in [1.29, 1.82) is 0 Å². The lowest BCUT2D eigenvalue weighted by atomic mass is 10.2. The van der Waals surface area contributed by atoms with Crippen LogP contribution in [0.4, 0.5) is 0 Å². The van der Waals surface area contributed by atoms with Crippen LogP contribution < -0.4 is 4.74 Å². The zero-order valence-electron chi connectivity index (χ0n) is 15.0. The van der Waals surface area contributed by atoms with Crippen LogP contribution in [0.5, 0.6) is 5.75 Å². The largest absolute Gasteiger partial charge is 0.494 e. The Morgan fingerprint density at radius 2 is 1.81 bits per heavy atom. The molecule has 27 heavy (non-hydrogen) atoms. The van der Waals surface area contributed by atoms with Crippen LogP contribution in [-0.2, 0) is 5.75 Å². The first kappa shape index (κ1) is 17.5. The van der Waals surface area contributed by atoms with E-state index in [9.17, 15) is 0 Å². The molecule has 2 aromatic heterocycles. The van der Waals surface area contributed by atoms with E-state index in [0.29, 0.717) is 24.1 Å². The highest BCUT2D eigenvalue weighted by molar-refractivity contribution is 7.98. The summed E-state index contributed by atoms with van der Waals surface area (Å²) in [5.41, 5.74) is 1.83. The standard InChI is InChI=1S/C20H18N4O2S/c1-3-25-15-10-8-14(9-11-15)19-23-18(26-24-19)12-27-20-16-6-4-5-7-17(16)21-13(2)22-20/h4-11H,3,12H2,1-2H3. The summed E-state index contributed by atoms with van der Waals surface area (Å²) >= 11 is 1.57. The molecule has 7 heteroatoms. The molecule has 0 atom stereocenters. The van der Waals surface area contributed by atoms with Crippen LogP contribution in [0.25, 0.3) is 22.3 Å². The van der Waals surface area contributed by atoms with Gasteiger partial charge in [0.2, 0.25) is 11.7 Å². The van der Waals surface area contributed by atoms with Gasteiger partial charge in [0.15, 0.2) is 0 Å². The molecule has 0 aliphatic rings. The van der Waals surface area contributed by atoms with Crippen molar-refractivity contribution < 1.29 is 9.26 Å². The second kappa shape index (κ2) is 7.75. The van der Waals surface area contributed by atoms with E-state index in [-0.39, 0.29) is 0 Å². The van der Waals surface area contributed by atoms with Gasteiger partial charge in [-0.1, -0.05) is 35.1 Å². The highest BCUT2D eigenvalue weighted by Gasteiger charge is 2.12. The minimum Gasteiger partial charge on any atom is -0.494 e. The van der Waals surface area contributed by atoms with Gasteiger partial charge >= 0.3 is 0 Å². The molecule has 0 bridgehead atoms. The zero-order chi connectivity index (χ0) is 18.6. The summed E-state index contributed by atoms with van der Waals surface area (Å²) in [7, 11) is 0. The fourth-order valence-corrected chi connectivity index (χ4v) is 3.60. The number of aryl methyl sites for hydroxylation is 1. The number of rotatable bonds is 6. The van der Waals surface area contributed by atoms with E-state index < -0.39 is 0 Å². The van der Waals surface area contributed by atoms with Crippen molar-refractivity contribution in [3.63, 3.8) is 0 Å². The molecule has 0 radical (unpaired) electrons. The second-order valence-electron chi connectivity index (χ2n) is 5.85. The molecule has 136 valence electrons. The molecule has 0 unspecified atom stereocenters. The second-order valence-corrected chi connectivity index (χ2v) is 6.81. The van der Waals surface area contributed by atoms with E-state index in [0.717, 1.165) is 33.1 Å². The van der Waals surface area contributed by atoms with Crippen molar-refractivity contribution in [3.05, 3.63) is 60.2 Å². The molecule has 0 aliphatic heterocycles. The highest BCUT2D eigenvalue weighted by atomic mass is 32.2. The summed E-state index contributed by atoms with van der Waals surface area (Å²) in [6.45, 7) is 4.49. The van der Waals surface area contributed by atoms with Gasteiger partial charge in [0.05, 0.1) is 17.9 Å². The molecule has 0 saturated carbocycles. The van der Waals surface area contributed by atoms with Crippen LogP contribution in [0.1, 0.15) is 18.6 Å². The van der Waals surface area contributed by atoms with E-state index in [4.69, 9.17) is 9.26 Å². The number of hydrogen-bond donors (Lipinski definition) is 0. The Hall–Kier alpha value is -2.93. The summed E-state index contributed by atoms with van der Waals surface area (Å²) in [6, 6.07) is 15.6. The number of para-hydroxylation sites is 1. The van der Waals surface area contributed by atoms with Crippen LogP contribution in [0.3, 0.4) is 0 Å². The summed E-state index contributed by atoms with van der Waals surface area (Å²) in [5, 5.41) is 6.02. The summed E-state index contributed by atoms with van der Waals surface area (Å²) in [5.74, 6) is 3.25. The fraction of sp³-hybridized carbons (Fsp3) is 0.200. The number of aromatic nitrogens is 4. The smallest absolute Gasteiger partial charge is 0.237 e. The number of nitrogens with zero attached hydrogens (tertiary/aromatic N) is 4. The third-order valence-corrected chi connectivity index (χ3v) is 4.88. The zero-order valence-corrected chi connectivity index (χ0v) is 15.9. The normalized spacial score (nSPS) is 11.0. The molecule has 0 saturated heterocycles. The average Bonchev–Trinajstić information content (AvgIpc) is 3.16. The van der Waals surface area contributed by atoms with E-state index in [1.165, 1.54) is 0 Å². The maximum absolute atomic E-state index is 5.45. The number of fused-ring (bicyclic) bond motifs is 1. The van der Waals surface area contributed by atoms with Gasteiger partial charge in [-0.2, -0.15) is 4.98 Å². The van der Waals surface area contributed by atoms with Crippen molar-refractivity contribution in [3.8, 4) is 17.1 Å². The third-order valence-electron chi connectivity index (χ3n) is 3.90. The van der Waals surface area contributed by atoms with Gasteiger partial charge in [0.1, 0.15) is 16.6 Å². The van der Waals surface area contributed by atoms with Gasteiger partial charge in [-0.05, 0) is 44.2 Å². The molecule has 2 aromatic carbocycles. The average molecular weight is 378 g/mol. The number of ether oxygens (including phenoxy) is 1. The van der Waals surface area contributed by atoms with Crippen LogP contribution in [0.15, 0.2) is 58.1 Å². The first-order chi connectivity index (χ1) is 13.2. The molecule has 4 aromatic rings. The Morgan fingerprint density at radius 1 is 1.00 bits per heavy atom. The lowest BCUT2D eigenvalue weighted by Crippen LogP contribution is -1.93. The minimum atomic E-state index is 0.546. The quantitative estimate of drug-likeness (QED) is 0.356. The van der Waals surface area contributed by atoms with E-state index in [1.807, 2.05) is 62.4 Å². The molecule has 6 nitrogen and oxygen atoms in total. The van der Waals surface area contributed by atoms with Gasteiger partial charge in [-0.3, -0.25) is 0 Å². The predicted octanol–water partition coefficient (Wildman–Crippen LogP) is 4.68. The molecule has 0 N–H and O–H groups in total. The molecular formula is C20H18N4O2S. The van der Waals surface area contributed by atoms with Gasteiger partial charge < -0.3 is 9.26 Å². The molecule has 0 fully saturated rings. The van der Waals surface area contributed by atoms with E-state index in [1.54, 1.807) is 11.8 Å². The maximum atomic E-state index is 5.45. The third kappa shape index (κ3) is 3.93. The molecule has 0 aliphatic carbocycles. The summed E-state index contributed by atoms with van der Waals surface area (Å²) in [4.78, 5) is 13.5. The molecule has 4 rings (SSSR count). The van der Waals surface area contributed by atoms with Gasteiger partial charge in [0.25, 0.3) is 0 Å². The van der Waals surface area contributed by atoms with Gasteiger partial charge in [0, 0.05) is 10.9 Å². The molecule has 0 amide bonds. The predicted molar refractivity (Wildman–Crippen MR) is 105 cm³/mol. The Kier molecular flexibility index (Phi) is 5.02. The van der Waals surface area contributed by atoms with Crippen molar-refractivity contribution >= 4 is 22.7 Å². The topological polar surface area (TPSA) is 73.9 Å². The SMILES string of the molecule is CCOc1ccc(-c2noc(CSc3nc(C)nc4ccccc34)n2)cc1. The summed E-state index contributed by atoms with van der Waals surface area (Å²) < 4.78 is 10.9. The maximum Gasteiger partial charge on any atom is 0.237 e. The first-order valence-electron chi connectivity index (χ1n) is 8.65. The number of benzene rings is 2. The number of hydrogen-bond acceptors (Lipinski definition) is 7. The van der Waals surface area contributed by atoms with Crippen molar-refractivity contribution in [2.45, 2.75) is 24.6 Å². The van der Waals surface area contributed by atoms with E-state index >= 15 is 0 Å². The molecule has 2 heterocycles. The van der Waals surface area contributed by atoms with Crippen molar-refractivity contribution in [2.24, 2.45) is 0 Å². The summed E-state index contributed by atoms with van der Waals surface area (Å²) in [6.07, 6.45) is 0. The lowest BCUT2D eigenvalue weighted by molar-refractivity contribution is 0.340. The van der Waals surface area contributed by atoms with Gasteiger partial charge in [-0.25, -0.2) is 9.97 Å². The lowest BCUT2D eigenvalue weighted by Gasteiger charge is -2.04. The Balaban J connectivity index is 1.50. The molecular weight excluding hydrogens is 360 g/mol. The first-order valence-corrected chi connectivity index (χ1v) is 9.63. The monoisotopic (exact) mass is 378 g/mol. The van der Waals surface area contributed by atoms with Crippen LogP contribution in [0, 0.1) is 6.92 Å². The Bertz CT molecular complexity index is 1060. The fourth-order valence-electron chi connectivity index (χ4n) is 2.70. The molecule has 0 spiro atoms. The Morgan fingerprint density at radius 3 is 2.63 bits per heavy atom. The van der Waals surface area contributed by atoms with Crippen molar-refractivity contribution in [1.82, 2.24) is 20.1 Å². The van der Waals surface area contributed by atoms with Crippen LogP contribution >= 0.6 is 11.8 Å². The Labute approximate surface area is 161 Å². The minimum absolute atomic E-state index is 0.546. The van der Waals surface area contributed by atoms with Crippen LogP contribution in [-0.4, -0.2) is 26.7 Å². The number of thioether (sulfide) groups is 1. The highest BCUT2D eigenvalue weighted by Crippen LogP contribution is 2.28. The van der Waals surface area contributed by atoms with E-state index in [2.05, 4.69) is 20.1 Å². The van der Waals surface area contributed by atoms with Gasteiger partial charge in [-0.15, -0.1) is 0 Å².